The lowest BCUT2D eigenvalue weighted by atomic mass is 10.1. The lowest BCUT2D eigenvalue weighted by molar-refractivity contribution is 1.13. The summed E-state index contributed by atoms with van der Waals surface area (Å²) in [7, 11) is 0. The first-order valence-corrected chi connectivity index (χ1v) is 3.21. The Morgan fingerprint density at radius 3 is 1.89 bits per heavy atom. The fourth-order valence-electron chi connectivity index (χ4n) is 1.15. The molecule has 0 spiro atoms. The Balaban J connectivity index is 3.12. The second-order valence-corrected chi connectivity index (χ2v) is 2.74. The molecule has 0 amide bonds. The number of hydrogen-bond acceptors (Lipinski definition) is 0. The van der Waals surface area contributed by atoms with E-state index in [2.05, 4.69) is 0 Å². The van der Waals surface area contributed by atoms with Crippen molar-refractivity contribution < 1.29 is 4.11 Å². The molecule has 0 saturated heterocycles. The molecule has 9 heavy (non-hydrogen) atoms. The predicted molar refractivity (Wildman–Crippen MR) is 41.4 cm³/mol. The SMILES string of the molecule is [2H]C([2H])([2H])C1=C(C)CC(C)=C1C. The molecule has 1 aliphatic carbocycles. The summed E-state index contributed by atoms with van der Waals surface area (Å²) in [4.78, 5) is 0. The van der Waals surface area contributed by atoms with Crippen LogP contribution < -0.4 is 0 Å². The van der Waals surface area contributed by atoms with Crippen LogP contribution in [0, 0.1) is 0 Å². The Morgan fingerprint density at radius 2 is 1.67 bits per heavy atom. The van der Waals surface area contributed by atoms with Crippen molar-refractivity contribution >= 4 is 0 Å². The number of allylic oxidation sites excluding steroid dienone is 4. The van der Waals surface area contributed by atoms with E-state index in [1.54, 1.807) is 0 Å². The maximum atomic E-state index is 7.32. The largest absolute Gasteiger partial charge is 0.0661 e. The van der Waals surface area contributed by atoms with Gasteiger partial charge in [0, 0.05) is 4.11 Å². The van der Waals surface area contributed by atoms with Crippen LogP contribution in [0.2, 0.25) is 0 Å². The van der Waals surface area contributed by atoms with E-state index in [0.717, 1.165) is 17.6 Å². The van der Waals surface area contributed by atoms with E-state index >= 15 is 0 Å². The topological polar surface area (TPSA) is 0 Å². The molecular formula is C9H14. The van der Waals surface area contributed by atoms with Gasteiger partial charge in [0.15, 0.2) is 0 Å². The molecule has 0 fully saturated rings. The summed E-state index contributed by atoms with van der Waals surface area (Å²) in [5.41, 5.74) is 3.75. The standard InChI is InChI=1S/C9H14/c1-6-5-7(2)9(4)8(6)3/h5H2,1-4H3/i3D3. The van der Waals surface area contributed by atoms with Gasteiger partial charge in [-0.15, -0.1) is 0 Å². The van der Waals surface area contributed by atoms with Crippen LogP contribution in [0.5, 0.6) is 0 Å². The Bertz CT molecular complexity index is 266. The van der Waals surface area contributed by atoms with E-state index in [-0.39, 0.29) is 0 Å². The van der Waals surface area contributed by atoms with Gasteiger partial charge in [-0.2, -0.15) is 0 Å². The molecule has 50 valence electrons. The normalized spacial score (nSPS) is 26.3. The van der Waals surface area contributed by atoms with Gasteiger partial charge in [-0.3, -0.25) is 0 Å². The molecule has 0 radical (unpaired) electrons. The molecule has 1 rings (SSSR count). The molecule has 0 heterocycles. The number of hydrogen-bond donors (Lipinski definition) is 0. The molecule has 0 saturated carbocycles. The van der Waals surface area contributed by atoms with Crippen molar-refractivity contribution in [1.82, 2.24) is 0 Å². The summed E-state index contributed by atoms with van der Waals surface area (Å²) in [6.45, 7) is 3.87. The second kappa shape index (κ2) is 2.02. The minimum atomic E-state index is -1.92. The molecule has 0 heteroatoms. The molecular weight excluding hydrogens is 108 g/mol. The lowest BCUT2D eigenvalue weighted by Crippen LogP contribution is -1.74. The zero-order valence-corrected chi connectivity index (χ0v) is 6.21. The Morgan fingerprint density at radius 1 is 1.11 bits per heavy atom. The maximum Gasteiger partial charge on any atom is 0.0280 e. The number of rotatable bonds is 0. The van der Waals surface area contributed by atoms with Crippen LogP contribution in [0.3, 0.4) is 0 Å². The minimum Gasteiger partial charge on any atom is -0.0661 e. The van der Waals surface area contributed by atoms with Crippen LogP contribution in [0.1, 0.15) is 38.2 Å². The van der Waals surface area contributed by atoms with Crippen molar-refractivity contribution in [3.63, 3.8) is 0 Å². The summed E-state index contributed by atoms with van der Waals surface area (Å²) < 4.78 is 22.0. The van der Waals surface area contributed by atoms with E-state index < -0.39 is 6.85 Å². The highest BCUT2D eigenvalue weighted by Gasteiger charge is 2.10. The van der Waals surface area contributed by atoms with Gasteiger partial charge in [-0.25, -0.2) is 0 Å². The summed E-state index contributed by atoms with van der Waals surface area (Å²) >= 11 is 0. The van der Waals surface area contributed by atoms with Gasteiger partial charge in [0.1, 0.15) is 0 Å². The molecule has 0 bridgehead atoms. The van der Waals surface area contributed by atoms with Gasteiger partial charge in [-0.05, 0) is 45.2 Å². The second-order valence-electron chi connectivity index (χ2n) is 2.74. The zero-order chi connectivity index (χ0) is 9.52. The quantitative estimate of drug-likeness (QED) is 0.466. The molecule has 0 aromatic rings. The lowest BCUT2D eigenvalue weighted by Gasteiger charge is -1.94. The fraction of sp³-hybridized carbons (Fsp3) is 0.556. The van der Waals surface area contributed by atoms with Crippen molar-refractivity contribution in [3.8, 4) is 0 Å². The first-order valence-electron chi connectivity index (χ1n) is 4.71. The average molecular weight is 125 g/mol. The molecule has 0 atom stereocenters. The summed E-state index contributed by atoms with van der Waals surface area (Å²) in [5, 5.41) is 0. The Hall–Kier alpha value is -0.520. The smallest absolute Gasteiger partial charge is 0.0280 e. The van der Waals surface area contributed by atoms with Crippen molar-refractivity contribution in [1.29, 1.82) is 0 Å². The summed E-state index contributed by atoms with van der Waals surface area (Å²) in [5.74, 6) is 0. The van der Waals surface area contributed by atoms with Gasteiger partial charge in [0.25, 0.3) is 0 Å². The van der Waals surface area contributed by atoms with Crippen LogP contribution in [-0.4, -0.2) is 0 Å². The third-order valence-corrected chi connectivity index (χ3v) is 1.97. The molecule has 1 aliphatic rings. The molecule has 0 aromatic heterocycles. The fourth-order valence-corrected chi connectivity index (χ4v) is 1.15. The maximum absolute atomic E-state index is 7.32. The van der Waals surface area contributed by atoms with E-state index in [1.165, 1.54) is 5.57 Å². The molecule has 0 nitrogen and oxygen atoms in total. The van der Waals surface area contributed by atoms with Crippen molar-refractivity contribution in [3.05, 3.63) is 22.3 Å². The third kappa shape index (κ3) is 0.937. The first-order chi connectivity index (χ1) is 5.34. The average Bonchev–Trinajstić information content (AvgIpc) is 2.05. The van der Waals surface area contributed by atoms with Crippen LogP contribution in [0.25, 0.3) is 0 Å². The highest BCUT2D eigenvalue weighted by atomic mass is 14.2. The predicted octanol–water partition coefficient (Wildman–Crippen LogP) is 3.06. The summed E-state index contributed by atoms with van der Waals surface area (Å²) in [6, 6.07) is 0. The van der Waals surface area contributed by atoms with Gasteiger partial charge in [0.05, 0.1) is 0 Å². The van der Waals surface area contributed by atoms with Gasteiger partial charge in [0.2, 0.25) is 0 Å². The Labute approximate surface area is 61.5 Å². The van der Waals surface area contributed by atoms with Crippen LogP contribution in [0.4, 0.5) is 0 Å². The highest BCUT2D eigenvalue weighted by molar-refractivity contribution is 5.43. The zero-order valence-electron chi connectivity index (χ0n) is 9.21. The monoisotopic (exact) mass is 125 g/mol. The van der Waals surface area contributed by atoms with Gasteiger partial charge in [-0.1, -0.05) is 11.1 Å². The van der Waals surface area contributed by atoms with Gasteiger partial charge >= 0.3 is 0 Å². The van der Waals surface area contributed by atoms with Crippen molar-refractivity contribution in [2.75, 3.05) is 0 Å². The van der Waals surface area contributed by atoms with Crippen LogP contribution in [0.15, 0.2) is 22.3 Å². The van der Waals surface area contributed by atoms with E-state index in [1.807, 2.05) is 20.8 Å². The van der Waals surface area contributed by atoms with Crippen LogP contribution in [-0.2, 0) is 0 Å². The summed E-state index contributed by atoms with van der Waals surface area (Å²) in [6.07, 6.45) is 0.833. The van der Waals surface area contributed by atoms with E-state index in [0.29, 0.717) is 5.57 Å². The molecule has 0 unspecified atom stereocenters. The van der Waals surface area contributed by atoms with E-state index in [4.69, 9.17) is 4.11 Å². The third-order valence-electron chi connectivity index (χ3n) is 1.97. The van der Waals surface area contributed by atoms with Gasteiger partial charge < -0.3 is 0 Å². The van der Waals surface area contributed by atoms with E-state index in [9.17, 15) is 0 Å². The van der Waals surface area contributed by atoms with Crippen molar-refractivity contribution in [2.24, 2.45) is 0 Å². The highest BCUT2D eigenvalue weighted by Crippen LogP contribution is 2.30. The Kier molecular flexibility index (Phi) is 0.807. The van der Waals surface area contributed by atoms with Crippen molar-refractivity contribution in [2.45, 2.75) is 34.0 Å². The van der Waals surface area contributed by atoms with Crippen LogP contribution >= 0.6 is 0 Å². The molecule has 0 N–H and O–H groups in total. The molecule has 0 aliphatic heterocycles. The minimum absolute atomic E-state index is 0.583. The molecule has 0 aromatic carbocycles. The first kappa shape index (κ1) is 3.60.